The van der Waals surface area contributed by atoms with Crippen LogP contribution in [0.1, 0.15) is 28.8 Å². The van der Waals surface area contributed by atoms with Gasteiger partial charge in [0.15, 0.2) is 0 Å². The van der Waals surface area contributed by atoms with Crippen molar-refractivity contribution in [3.63, 3.8) is 0 Å². The summed E-state index contributed by atoms with van der Waals surface area (Å²) >= 11 is 14.1. The Morgan fingerprint density at radius 2 is 1.95 bits per heavy atom. The highest BCUT2D eigenvalue weighted by atomic mass is 35.5. The summed E-state index contributed by atoms with van der Waals surface area (Å²) in [6.07, 6.45) is 4.02. The normalized spacial score (nSPS) is 21.4. The number of aliphatic hydroxyl groups excluding tert-OH is 1. The molecule has 2 N–H and O–H groups in total. The number of carbonyl (C=O) groups is 1. The molecule has 2 unspecified atom stereocenters. The van der Waals surface area contributed by atoms with E-state index in [1.54, 1.807) is 23.1 Å². The van der Waals surface area contributed by atoms with Gasteiger partial charge in [0.1, 0.15) is 5.03 Å². The summed E-state index contributed by atoms with van der Waals surface area (Å²) < 4.78 is 0. The van der Waals surface area contributed by atoms with Gasteiger partial charge in [-0.15, -0.1) is 0 Å². The van der Waals surface area contributed by atoms with Gasteiger partial charge in [0.25, 0.3) is 5.91 Å². The molecule has 2 bridgehead atoms. The van der Waals surface area contributed by atoms with E-state index in [4.69, 9.17) is 23.2 Å². The van der Waals surface area contributed by atoms with Gasteiger partial charge in [-0.1, -0.05) is 41.0 Å². The molecule has 198 valence electrons. The number of nitrogens with one attached hydrogen (secondary N) is 1. The first kappa shape index (κ1) is 25.7. The summed E-state index contributed by atoms with van der Waals surface area (Å²) in [7, 11) is 2.22. The highest BCUT2D eigenvalue weighted by Gasteiger charge is 2.34. The van der Waals surface area contributed by atoms with Crippen molar-refractivity contribution >= 4 is 63.9 Å². The first-order valence-electron chi connectivity index (χ1n) is 12.6. The third-order valence-electron chi connectivity index (χ3n) is 7.60. The first-order valence-corrected chi connectivity index (χ1v) is 14.4. The average Bonchev–Trinajstić information content (AvgIpc) is 3.21. The molecule has 38 heavy (non-hydrogen) atoms. The Morgan fingerprint density at radius 1 is 1.13 bits per heavy atom. The van der Waals surface area contributed by atoms with Crippen LogP contribution in [-0.2, 0) is 6.61 Å². The summed E-state index contributed by atoms with van der Waals surface area (Å²) in [6.45, 7) is 3.07. The molecule has 5 heterocycles. The molecule has 4 aliphatic rings. The maximum absolute atomic E-state index is 13.2. The van der Waals surface area contributed by atoms with E-state index >= 15 is 0 Å². The number of benzene rings is 2. The molecule has 0 spiro atoms. The topological polar surface area (TPSA) is 84.8 Å². The molecule has 3 fully saturated rings. The summed E-state index contributed by atoms with van der Waals surface area (Å²) in [5, 5.41) is 14.9. The molecule has 0 aliphatic carbocycles. The lowest BCUT2D eigenvalue weighted by Gasteiger charge is -2.32. The molecule has 0 saturated carbocycles. The van der Waals surface area contributed by atoms with E-state index < -0.39 is 0 Å². The number of fused-ring (bicyclic) bond motifs is 5. The van der Waals surface area contributed by atoms with Crippen LogP contribution in [0.15, 0.2) is 47.6 Å². The number of piperidine rings is 1. The third kappa shape index (κ3) is 4.82. The van der Waals surface area contributed by atoms with Crippen molar-refractivity contribution in [2.24, 2.45) is 5.92 Å². The highest BCUT2D eigenvalue weighted by molar-refractivity contribution is 7.99. The number of rotatable bonds is 5. The second-order valence-corrected chi connectivity index (χ2v) is 11.8. The van der Waals surface area contributed by atoms with Crippen molar-refractivity contribution in [2.45, 2.75) is 30.5 Å². The van der Waals surface area contributed by atoms with E-state index in [2.05, 4.69) is 38.2 Å². The van der Waals surface area contributed by atoms with Crippen LogP contribution in [0, 0.1) is 5.92 Å². The van der Waals surface area contributed by atoms with Gasteiger partial charge in [0.2, 0.25) is 5.95 Å². The lowest BCUT2D eigenvalue weighted by Crippen LogP contribution is -2.41. The number of hydrogen-bond acceptors (Lipinski definition) is 8. The number of hydrogen-bond donors (Lipinski definition) is 2. The number of thioether (sulfide) groups is 1. The van der Waals surface area contributed by atoms with Crippen molar-refractivity contribution in [1.82, 2.24) is 14.9 Å². The predicted molar refractivity (Wildman–Crippen MR) is 153 cm³/mol. The molecular weight excluding hydrogens is 543 g/mol. The van der Waals surface area contributed by atoms with Crippen LogP contribution >= 0.6 is 35.0 Å². The van der Waals surface area contributed by atoms with Gasteiger partial charge in [0.05, 0.1) is 33.8 Å². The van der Waals surface area contributed by atoms with Crippen molar-refractivity contribution in [3.05, 3.63) is 63.8 Å². The zero-order valence-corrected chi connectivity index (χ0v) is 23.2. The van der Waals surface area contributed by atoms with Gasteiger partial charge in [0, 0.05) is 48.8 Å². The Kier molecular flexibility index (Phi) is 7.13. The van der Waals surface area contributed by atoms with Crippen LogP contribution in [-0.4, -0.2) is 64.5 Å². The van der Waals surface area contributed by atoms with Crippen LogP contribution in [0.4, 0.5) is 23.0 Å². The predicted octanol–water partition coefficient (Wildman–Crippen LogP) is 5.26. The molecular formula is C27H28Cl2N6O2S. The average molecular weight is 572 g/mol. The summed E-state index contributed by atoms with van der Waals surface area (Å²) in [5.74, 6) is 1.13. The number of amides is 1. The minimum Gasteiger partial charge on any atom is -0.392 e. The van der Waals surface area contributed by atoms with Gasteiger partial charge in [-0.25, -0.2) is 9.97 Å². The maximum atomic E-state index is 13.2. The Morgan fingerprint density at radius 3 is 2.71 bits per heavy atom. The van der Waals surface area contributed by atoms with E-state index in [0.29, 0.717) is 50.1 Å². The quantitative estimate of drug-likeness (QED) is 0.402. The number of halogens is 2. The molecule has 8 nitrogen and oxygen atoms in total. The van der Waals surface area contributed by atoms with Crippen LogP contribution in [0.3, 0.4) is 0 Å². The Labute approximate surface area is 235 Å². The Balaban J connectivity index is 1.21. The summed E-state index contributed by atoms with van der Waals surface area (Å²) in [5.41, 5.74) is 3.62. The Bertz CT molecular complexity index is 1370. The lowest BCUT2D eigenvalue weighted by atomic mass is 9.96. The molecule has 1 aromatic heterocycles. The van der Waals surface area contributed by atoms with Gasteiger partial charge in [-0.3, -0.25) is 9.69 Å². The molecule has 1 amide bonds. The molecule has 0 radical (unpaired) electrons. The number of aliphatic hydroxyl groups is 1. The number of aromatic nitrogens is 2. The first-order chi connectivity index (χ1) is 18.4. The number of anilines is 4. The molecule has 7 rings (SSSR count). The monoisotopic (exact) mass is 570 g/mol. The largest absolute Gasteiger partial charge is 0.392 e. The van der Waals surface area contributed by atoms with Crippen molar-refractivity contribution < 1.29 is 9.90 Å². The molecule has 2 atom stereocenters. The Hall–Kier alpha value is -2.56. The maximum Gasteiger partial charge on any atom is 0.263 e. The van der Waals surface area contributed by atoms with Crippen molar-refractivity contribution in [3.8, 4) is 0 Å². The number of carbonyl (C=O) groups excluding carboxylic acids is 1. The second kappa shape index (κ2) is 10.5. The second-order valence-electron chi connectivity index (χ2n) is 10.1. The fraction of sp³-hybridized carbons (Fsp3) is 0.370. The minimum absolute atomic E-state index is 0.0532. The molecule has 11 heteroatoms. The fourth-order valence-corrected chi connectivity index (χ4v) is 7.21. The lowest BCUT2D eigenvalue weighted by molar-refractivity contribution is 0.0985. The molecule has 4 aliphatic heterocycles. The standard InChI is InChI=1S/C27H28Cl2N6O2S/c1-33-11-16-5-7-19(33)13-34(12-16)23-8-6-18(9-17(23)14-36)31-27-30-10-20-25(32-27)38-15-35(26(20)37)24-21(28)3-2-4-22(24)29/h2-4,6,8-10,16,19,36H,5,7,11-15H2,1H3,(H,30,31,32). The van der Waals surface area contributed by atoms with E-state index in [-0.39, 0.29) is 12.5 Å². The van der Waals surface area contributed by atoms with Crippen LogP contribution in [0.5, 0.6) is 0 Å². The van der Waals surface area contributed by atoms with E-state index in [1.807, 2.05) is 12.1 Å². The van der Waals surface area contributed by atoms with Crippen LogP contribution < -0.4 is 15.1 Å². The summed E-state index contributed by atoms with van der Waals surface area (Å²) in [6, 6.07) is 11.7. The smallest absolute Gasteiger partial charge is 0.263 e. The third-order valence-corrected chi connectivity index (χ3v) is 9.18. The molecule has 3 saturated heterocycles. The zero-order valence-electron chi connectivity index (χ0n) is 20.9. The van der Waals surface area contributed by atoms with E-state index in [0.717, 1.165) is 36.6 Å². The van der Waals surface area contributed by atoms with Crippen molar-refractivity contribution in [2.75, 3.05) is 47.7 Å². The van der Waals surface area contributed by atoms with E-state index in [1.165, 1.54) is 30.8 Å². The van der Waals surface area contributed by atoms with Crippen molar-refractivity contribution in [1.29, 1.82) is 0 Å². The highest BCUT2D eigenvalue weighted by Crippen LogP contribution is 2.40. The molecule has 3 aromatic rings. The number of para-hydroxylation sites is 1. The number of likely N-dealkylation sites (N-methyl/N-ethyl adjacent to an activating group) is 1. The van der Waals surface area contributed by atoms with Crippen LogP contribution in [0.25, 0.3) is 0 Å². The number of nitrogens with zero attached hydrogens (tertiary/aromatic N) is 5. The SMILES string of the molecule is CN1CC2CCC1CN(c1ccc(Nc3ncc4c(n3)SCN(c3c(Cl)cccc3Cl)C4=O)cc1CO)C2. The fourth-order valence-electron chi connectivity index (χ4n) is 5.67. The van der Waals surface area contributed by atoms with E-state index in [9.17, 15) is 9.90 Å². The van der Waals surface area contributed by atoms with Gasteiger partial charge < -0.3 is 20.2 Å². The van der Waals surface area contributed by atoms with Gasteiger partial charge >= 0.3 is 0 Å². The van der Waals surface area contributed by atoms with Gasteiger partial charge in [-0.05, 0) is 56.1 Å². The minimum atomic E-state index is -0.246. The zero-order chi connectivity index (χ0) is 26.4. The molecule has 2 aromatic carbocycles. The van der Waals surface area contributed by atoms with Gasteiger partial charge in [-0.2, -0.15) is 0 Å². The summed E-state index contributed by atoms with van der Waals surface area (Å²) in [4.78, 5) is 28.7. The van der Waals surface area contributed by atoms with Crippen LogP contribution in [0.2, 0.25) is 10.0 Å².